The average molecular weight is 209 g/mol. The highest BCUT2D eigenvalue weighted by Gasteiger charge is 2.53. The Kier molecular flexibility index (Phi) is 2.52. The molecular weight excluding hydrogens is 186 g/mol. The molecule has 2 nitrogen and oxygen atoms in total. The van der Waals surface area contributed by atoms with E-state index in [1.165, 1.54) is 38.5 Å². The molecule has 2 saturated carbocycles. The Morgan fingerprint density at radius 1 is 1.27 bits per heavy atom. The fourth-order valence-electron chi connectivity index (χ4n) is 4.27. The average Bonchev–Trinajstić information content (AvgIpc) is 2.78. The van der Waals surface area contributed by atoms with Crippen LogP contribution in [0, 0.1) is 11.8 Å². The number of ether oxygens (including phenoxy) is 1. The lowest BCUT2D eigenvalue weighted by atomic mass is 9.77. The first-order chi connectivity index (χ1) is 7.32. The second kappa shape index (κ2) is 3.74. The van der Waals surface area contributed by atoms with Gasteiger partial charge in [0.2, 0.25) is 0 Å². The van der Waals surface area contributed by atoms with Gasteiger partial charge in [0.1, 0.15) is 0 Å². The maximum Gasteiger partial charge on any atom is 0.0728 e. The van der Waals surface area contributed by atoms with Crippen molar-refractivity contribution in [2.75, 3.05) is 13.2 Å². The van der Waals surface area contributed by atoms with E-state index in [-0.39, 0.29) is 0 Å². The van der Waals surface area contributed by atoms with Crippen LogP contribution in [0.25, 0.3) is 0 Å². The summed E-state index contributed by atoms with van der Waals surface area (Å²) in [6, 6.07) is 0.725. The van der Waals surface area contributed by atoms with E-state index < -0.39 is 0 Å². The Hall–Kier alpha value is -0.0800. The minimum absolute atomic E-state index is 0.300. The van der Waals surface area contributed by atoms with Gasteiger partial charge in [-0.25, -0.2) is 0 Å². The fraction of sp³-hybridized carbons (Fsp3) is 1.00. The lowest BCUT2D eigenvalue weighted by Crippen LogP contribution is -2.49. The van der Waals surface area contributed by atoms with Crippen LogP contribution in [-0.4, -0.2) is 24.8 Å². The molecule has 4 atom stereocenters. The molecule has 1 heterocycles. The molecule has 1 aliphatic heterocycles. The van der Waals surface area contributed by atoms with Gasteiger partial charge in [-0.05, 0) is 56.9 Å². The number of hydrogen-bond donors (Lipinski definition) is 1. The van der Waals surface area contributed by atoms with Crippen LogP contribution in [0.3, 0.4) is 0 Å². The molecule has 2 bridgehead atoms. The predicted octanol–water partition coefficient (Wildman–Crippen LogP) is 2.33. The van der Waals surface area contributed by atoms with Crippen molar-refractivity contribution in [3.63, 3.8) is 0 Å². The molecule has 0 radical (unpaired) electrons. The molecule has 1 spiro atoms. The summed E-state index contributed by atoms with van der Waals surface area (Å²) < 4.78 is 6.20. The van der Waals surface area contributed by atoms with E-state index in [2.05, 4.69) is 12.2 Å². The first kappa shape index (κ1) is 10.1. The molecule has 2 heteroatoms. The van der Waals surface area contributed by atoms with Crippen LogP contribution in [0.1, 0.15) is 45.4 Å². The quantitative estimate of drug-likeness (QED) is 0.753. The summed E-state index contributed by atoms with van der Waals surface area (Å²) >= 11 is 0. The van der Waals surface area contributed by atoms with Gasteiger partial charge in [-0.1, -0.05) is 6.92 Å². The van der Waals surface area contributed by atoms with Gasteiger partial charge in [0.25, 0.3) is 0 Å². The highest BCUT2D eigenvalue weighted by atomic mass is 16.5. The molecule has 2 aliphatic carbocycles. The molecule has 1 N–H and O–H groups in total. The van der Waals surface area contributed by atoms with Gasteiger partial charge in [-0.15, -0.1) is 0 Å². The fourth-order valence-corrected chi connectivity index (χ4v) is 4.27. The zero-order valence-electron chi connectivity index (χ0n) is 9.80. The molecule has 0 amide bonds. The molecule has 3 aliphatic rings. The van der Waals surface area contributed by atoms with E-state index in [0.717, 1.165) is 31.0 Å². The maximum atomic E-state index is 6.20. The summed E-state index contributed by atoms with van der Waals surface area (Å²) in [6.07, 6.45) is 8.22. The number of fused-ring (bicyclic) bond motifs is 3. The second-order valence-corrected chi connectivity index (χ2v) is 5.74. The number of nitrogens with one attached hydrogen (secondary N) is 1. The van der Waals surface area contributed by atoms with Crippen molar-refractivity contribution in [2.45, 2.75) is 57.1 Å². The van der Waals surface area contributed by atoms with E-state index in [4.69, 9.17) is 4.74 Å². The van der Waals surface area contributed by atoms with Crippen molar-refractivity contribution in [3.8, 4) is 0 Å². The standard InChI is InChI=1S/C13H23NO/c1-2-14-12-5-6-15-13(9-12)8-10-3-4-11(13)7-10/h10-12,14H,2-9H2,1H3. The summed E-state index contributed by atoms with van der Waals surface area (Å²) in [6.45, 7) is 4.30. The van der Waals surface area contributed by atoms with Crippen LogP contribution in [0.4, 0.5) is 0 Å². The summed E-state index contributed by atoms with van der Waals surface area (Å²) in [5, 5.41) is 3.62. The lowest BCUT2D eigenvalue weighted by Gasteiger charge is -2.44. The minimum Gasteiger partial charge on any atom is -0.375 e. The normalized spacial score (nSPS) is 49.0. The number of hydrogen-bond acceptors (Lipinski definition) is 2. The van der Waals surface area contributed by atoms with Crippen LogP contribution in [0.5, 0.6) is 0 Å². The maximum absolute atomic E-state index is 6.20. The zero-order valence-corrected chi connectivity index (χ0v) is 9.80. The minimum atomic E-state index is 0.300. The van der Waals surface area contributed by atoms with Crippen molar-refractivity contribution < 1.29 is 4.74 Å². The zero-order chi connectivity index (χ0) is 10.3. The summed E-state index contributed by atoms with van der Waals surface area (Å²) in [4.78, 5) is 0. The van der Waals surface area contributed by atoms with E-state index >= 15 is 0 Å². The Morgan fingerprint density at radius 2 is 2.20 bits per heavy atom. The molecule has 15 heavy (non-hydrogen) atoms. The Balaban J connectivity index is 1.70. The van der Waals surface area contributed by atoms with E-state index in [9.17, 15) is 0 Å². The smallest absolute Gasteiger partial charge is 0.0728 e. The first-order valence-electron chi connectivity index (χ1n) is 6.70. The Labute approximate surface area is 92.8 Å². The predicted molar refractivity (Wildman–Crippen MR) is 60.8 cm³/mol. The van der Waals surface area contributed by atoms with Crippen molar-refractivity contribution in [1.82, 2.24) is 5.32 Å². The van der Waals surface area contributed by atoms with Crippen molar-refractivity contribution in [1.29, 1.82) is 0 Å². The highest BCUT2D eigenvalue weighted by molar-refractivity contribution is 5.05. The van der Waals surface area contributed by atoms with Crippen LogP contribution >= 0.6 is 0 Å². The third kappa shape index (κ3) is 1.62. The van der Waals surface area contributed by atoms with Crippen molar-refractivity contribution in [3.05, 3.63) is 0 Å². The van der Waals surface area contributed by atoms with Gasteiger partial charge >= 0.3 is 0 Å². The van der Waals surface area contributed by atoms with Gasteiger partial charge < -0.3 is 10.1 Å². The van der Waals surface area contributed by atoms with E-state index in [1.54, 1.807) is 0 Å². The molecular formula is C13H23NO. The Bertz CT molecular complexity index is 241. The number of rotatable bonds is 2. The highest BCUT2D eigenvalue weighted by Crippen LogP contribution is 2.55. The summed E-state index contributed by atoms with van der Waals surface area (Å²) in [7, 11) is 0. The van der Waals surface area contributed by atoms with Crippen molar-refractivity contribution >= 4 is 0 Å². The molecule has 86 valence electrons. The molecule has 0 aromatic carbocycles. The third-order valence-electron chi connectivity index (χ3n) is 4.86. The van der Waals surface area contributed by atoms with Crippen LogP contribution in [0.15, 0.2) is 0 Å². The molecule has 1 saturated heterocycles. The molecule has 3 fully saturated rings. The SMILES string of the molecule is CCNC1CCOC2(CC3CCC2C3)C1. The molecule has 0 aromatic heterocycles. The second-order valence-electron chi connectivity index (χ2n) is 5.74. The molecule has 0 aromatic rings. The van der Waals surface area contributed by atoms with Crippen LogP contribution in [0.2, 0.25) is 0 Å². The third-order valence-corrected chi connectivity index (χ3v) is 4.86. The van der Waals surface area contributed by atoms with Gasteiger partial charge in [-0.3, -0.25) is 0 Å². The Morgan fingerprint density at radius 3 is 2.87 bits per heavy atom. The van der Waals surface area contributed by atoms with Crippen LogP contribution < -0.4 is 5.32 Å². The summed E-state index contributed by atoms with van der Waals surface area (Å²) in [5.41, 5.74) is 0.300. The topological polar surface area (TPSA) is 21.3 Å². The van der Waals surface area contributed by atoms with E-state index in [0.29, 0.717) is 5.60 Å². The van der Waals surface area contributed by atoms with Crippen LogP contribution in [-0.2, 0) is 4.74 Å². The van der Waals surface area contributed by atoms with Gasteiger partial charge in [0, 0.05) is 12.6 Å². The lowest BCUT2D eigenvalue weighted by molar-refractivity contribution is -0.120. The van der Waals surface area contributed by atoms with Gasteiger partial charge in [-0.2, -0.15) is 0 Å². The summed E-state index contributed by atoms with van der Waals surface area (Å²) in [5.74, 6) is 1.89. The molecule has 3 rings (SSSR count). The van der Waals surface area contributed by atoms with Gasteiger partial charge in [0.15, 0.2) is 0 Å². The van der Waals surface area contributed by atoms with E-state index in [1.807, 2.05) is 0 Å². The largest absolute Gasteiger partial charge is 0.375 e. The monoisotopic (exact) mass is 209 g/mol. The first-order valence-corrected chi connectivity index (χ1v) is 6.70. The van der Waals surface area contributed by atoms with Crippen molar-refractivity contribution in [2.24, 2.45) is 11.8 Å². The van der Waals surface area contributed by atoms with Gasteiger partial charge in [0.05, 0.1) is 5.60 Å². The molecule has 4 unspecified atom stereocenters.